The van der Waals surface area contributed by atoms with Crippen molar-refractivity contribution in [2.24, 2.45) is 5.41 Å². The minimum atomic E-state index is 0.688. The van der Waals surface area contributed by atoms with Gasteiger partial charge in [-0.3, -0.25) is 0 Å². The molecular formula is C16H25N3. The average Bonchev–Trinajstić information content (AvgIpc) is 2.49. The van der Waals surface area contributed by atoms with Crippen LogP contribution in [-0.2, 0) is 0 Å². The third-order valence-electron chi connectivity index (χ3n) is 5.10. The van der Waals surface area contributed by atoms with Gasteiger partial charge in [-0.1, -0.05) is 19.3 Å². The van der Waals surface area contributed by atoms with Crippen LogP contribution in [0.3, 0.4) is 0 Å². The normalized spacial score (nSPS) is 22.5. The predicted octanol–water partition coefficient (Wildman–Crippen LogP) is 3.67. The maximum atomic E-state index is 4.30. The first-order valence-corrected chi connectivity index (χ1v) is 7.70. The van der Waals surface area contributed by atoms with Gasteiger partial charge in [-0.15, -0.1) is 0 Å². The number of nitrogens with one attached hydrogen (secondary N) is 1. The van der Waals surface area contributed by atoms with Crippen LogP contribution in [-0.4, -0.2) is 25.1 Å². The number of piperidine rings is 1. The lowest BCUT2D eigenvalue weighted by Crippen LogP contribution is -2.41. The Morgan fingerprint density at radius 2 is 1.84 bits per heavy atom. The molecule has 2 heterocycles. The molecule has 1 aliphatic carbocycles. The number of anilines is 2. The van der Waals surface area contributed by atoms with Gasteiger partial charge in [-0.25, -0.2) is 4.98 Å². The molecule has 104 valence electrons. The predicted molar refractivity (Wildman–Crippen MR) is 80.7 cm³/mol. The molecule has 0 unspecified atom stereocenters. The molecule has 1 N–H and O–H groups in total. The van der Waals surface area contributed by atoms with Gasteiger partial charge < -0.3 is 10.2 Å². The van der Waals surface area contributed by atoms with E-state index in [1.807, 2.05) is 13.2 Å². The molecule has 1 spiro atoms. The molecule has 1 aromatic heterocycles. The summed E-state index contributed by atoms with van der Waals surface area (Å²) in [4.78, 5) is 6.83. The Morgan fingerprint density at radius 1 is 1.11 bits per heavy atom. The van der Waals surface area contributed by atoms with Crippen molar-refractivity contribution in [1.82, 2.24) is 4.98 Å². The van der Waals surface area contributed by atoms with Crippen LogP contribution in [0.25, 0.3) is 0 Å². The molecule has 2 fully saturated rings. The SMILES string of the molecule is CNc1cc(N2CCC3(CCCCC3)CC2)ccn1. The number of nitrogens with zero attached hydrogens (tertiary/aromatic N) is 2. The molecule has 3 rings (SSSR count). The Bertz CT molecular complexity index is 414. The van der Waals surface area contributed by atoms with Crippen molar-refractivity contribution >= 4 is 11.5 Å². The molecule has 1 aromatic rings. The molecule has 0 amide bonds. The summed E-state index contributed by atoms with van der Waals surface area (Å²) in [5.41, 5.74) is 2.01. The van der Waals surface area contributed by atoms with E-state index in [1.165, 1.54) is 63.7 Å². The molecule has 0 aromatic carbocycles. The Hall–Kier alpha value is -1.25. The Morgan fingerprint density at radius 3 is 2.53 bits per heavy atom. The highest BCUT2D eigenvalue weighted by Crippen LogP contribution is 2.45. The fourth-order valence-electron chi connectivity index (χ4n) is 3.79. The fourth-order valence-corrected chi connectivity index (χ4v) is 3.79. The molecule has 3 nitrogen and oxygen atoms in total. The smallest absolute Gasteiger partial charge is 0.127 e. The Balaban J connectivity index is 1.65. The van der Waals surface area contributed by atoms with E-state index in [9.17, 15) is 0 Å². The van der Waals surface area contributed by atoms with Gasteiger partial charge in [0.25, 0.3) is 0 Å². The topological polar surface area (TPSA) is 28.2 Å². The summed E-state index contributed by atoms with van der Waals surface area (Å²) >= 11 is 0. The lowest BCUT2D eigenvalue weighted by atomic mass is 9.68. The van der Waals surface area contributed by atoms with Crippen LogP contribution in [0.4, 0.5) is 11.5 Å². The van der Waals surface area contributed by atoms with Crippen molar-refractivity contribution in [3.63, 3.8) is 0 Å². The summed E-state index contributed by atoms with van der Waals surface area (Å²) in [6.45, 7) is 2.43. The van der Waals surface area contributed by atoms with Crippen molar-refractivity contribution in [2.45, 2.75) is 44.9 Å². The number of hydrogen-bond acceptors (Lipinski definition) is 3. The van der Waals surface area contributed by atoms with E-state index in [0.717, 1.165) is 5.82 Å². The van der Waals surface area contributed by atoms with Gasteiger partial charge in [-0.2, -0.15) is 0 Å². The van der Waals surface area contributed by atoms with E-state index in [2.05, 4.69) is 27.3 Å². The summed E-state index contributed by atoms with van der Waals surface area (Å²) in [6.07, 6.45) is 12.0. The number of rotatable bonds is 2. The summed E-state index contributed by atoms with van der Waals surface area (Å²) in [6, 6.07) is 4.30. The molecule has 3 heteroatoms. The van der Waals surface area contributed by atoms with Crippen LogP contribution in [0.2, 0.25) is 0 Å². The van der Waals surface area contributed by atoms with Crippen LogP contribution < -0.4 is 10.2 Å². The molecule has 19 heavy (non-hydrogen) atoms. The number of pyridine rings is 1. The second kappa shape index (κ2) is 5.40. The lowest BCUT2D eigenvalue weighted by molar-refractivity contribution is 0.144. The van der Waals surface area contributed by atoms with Gasteiger partial charge in [0, 0.05) is 38.1 Å². The number of aromatic nitrogens is 1. The van der Waals surface area contributed by atoms with Crippen LogP contribution in [0.15, 0.2) is 18.3 Å². The monoisotopic (exact) mass is 259 g/mol. The third kappa shape index (κ3) is 2.70. The van der Waals surface area contributed by atoms with Crippen molar-refractivity contribution in [3.05, 3.63) is 18.3 Å². The van der Waals surface area contributed by atoms with E-state index in [4.69, 9.17) is 0 Å². The minimum Gasteiger partial charge on any atom is -0.373 e. The third-order valence-corrected chi connectivity index (χ3v) is 5.10. The van der Waals surface area contributed by atoms with Crippen molar-refractivity contribution in [1.29, 1.82) is 0 Å². The van der Waals surface area contributed by atoms with E-state index in [1.54, 1.807) is 0 Å². The molecule has 0 radical (unpaired) electrons. The first-order chi connectivity index (χ1) is 9.31. The van der Waals surface area contributed by atoms with Gasteiger partial charge in [-0.05, 0) is 37.2 Å². The van der Waals surface area contributed by atoms with Crippen molar-refractivity contribution in [2.75, 3.05) is 30.4 Å². The lowest BCUT2D eigenvalue weighted by Gasteiger charge is -2.45. The van der Waals surface area contributed by atoms with Crippen molar-refractivity contribution in [3.8, 4) is 0 Å². The first-order valence-electron chi connectivity index (χ1n) is 7.70. The standard InChI is InChI=1S/C16H25N3/c1-17-15-13-14(5-10-18-15)19-11-8-16(9-12-19)6-3-2-4-7-16/h5,10,13H,2-4,6-9,11-12H2,1H3,(H,17,18). The van der Waals surface area contributed by atoms with Crippen molar-refractivity contribution < 1.29 is 0 Å². The minimum absolute atomic E-state index is 0.688. The van der Waals surface area contributed by atoms with Crippen LogP contribution in [0.5, 0.6) is 0 Å². The van der Waals surface area contributed by atoms with E-state index in [0.29, 0.717) is 5.41 Å². The van der Waals surface area contributed by atoms with Gasteiger partial charge in [0.15, 0.2) is 0 Å². The summed E-state index contributed by atoms with van der Waals surface area (Å²) in [5, 5.41) is 3.13. The van der Waals surface area contributed by atoms with Gasteiger partial charge in [0.1, 0.15) is 5.82 Å². The fraction of sp³-hybridized carbons (Fsp3) is 0.688. The highest BCUT2D eigenvalue weighted by atomic mass is 15.1. The molecular weight excluding hydrogens is 234 g/mol. The van der Waals surface area contributed by atoms with Gasteiger partial charge >= 0.3 is 0 Å². The molecule has 0 atom stereocenters. The van der Waals surface area contributed by atoms with E-state index >= 15 is 0 Å². The highest BCUT2D eigenvalue weighted by Gasteiger charge is 2.35. The summed E-state index contributed by atoms with van der Waals surface area (Å²) in [5.74, 6) is 0.968. The maximum absolute atomic E-state index is 4.30. The Kier molecular flexibility index (Phi) is 3.63. The molecule has 1 saturated heterocycles. The second-order valence-electron chi connectivity index (χ2n) is 6.20. The molecule has 1 aliphatic heterocycles. The molecule has 0 bridgehead atoms. The van der Waals surface area contributed by atoms with E-state index < -0.39 is 0 Å². The zero-order chi connectivity index (χ0) is 13.1. The quantitative estimate of drug-likeness (QED) is 0.878. The highest BCUT2D eigenvalue weighted by molar-refractivity contribution is 5.53. The molecule has 2 aliphatic rings. The molecule has 1 saturated carbocycles. The van der Waals surface area contributed by atoms with Crippen LogP contribution in [0, 0.1) is 5.41 Å². The zero-order valence-electron chi connectivity index (χ0n) is 12.0. The van der Waals surface area contributed by atoms with Gasteiger partial charge in [0.2, 0.25) is 0 Å². The van der Waals surface area contributed by atoms with Crippen LogP contribution in [0.1, 0.15) is 44.9 Å². The maximum Gasteiger partial charge on any atom is 0.127 e. The average molecular weight is 259 g/mol. The second-order valence-corrected chi connectivity index (χ2v) is 6.20. The summed E-state index contributed by atoms with van der Waals surface area (Å²) in [7, 11) is 1.93. The number of hydrogen-bond donors (Lipinski definition) is 1. The van der Waals surface area contributed by atoms with Crippen LogP contribution >= 0.6 is 0 Å². The first kappa shape index (κ1) is 12.8. The van der Waals surface area contributed by atoms with Gasteiger partial charge in [0.05, 0.1) is 0 Å². The zero-order valence-corrected chi connectivity index (χ0v) is 12.0. The summed E-state index contributed by atoms with van der Waals surface area (Å²) < 4.78 is 0. The largest absolute Gasteiger partial charge is 0.373 e. The van der Waals surface area contributed by atoms with E-state index in [-0.39, 0.29) is 0 Å². The Labute approximate surface area is 116 Å².